The van der Waals surface area contributed by atoms with Crippen LogP contribution in [0.1, 0.15) is 28.2 Å². The molecular weight excluding hydrogens is 265 g/mol. The van der Waals surface area contributed by atoms with Crippen LogP contribution in [0.5, 0.6) is 5.75 Å². The lowest BCUT2D eigenvalue weighted by atomic mass is 10.1. The van der Waals surface area contributed by atoms with Gasteiger partial charge in [0.25, 0.3) is 6.43 Å². The Kier molecular flexibility index (Phi) is 3.73. The van der Waals surface area contributed by atoms with Crippen LogP contribution in [0.3, 0.4) is 0 Å². The zero-order chi connectivity index (χ0) is 14.1. The molecule has 0 radical (unpaired) electrons. The van der Waals surface area contributed by atoms with Crippen LogP contribution in [-0.4, -0.2) is 22.4 Å². The third-order valence-electron chi connectivity index (χ3n) is 1.86. The predicted octanol–water partition coefficient (Wildman–Crippen LogP) is 2.92. The highest BCUT2D eigenvalue weighted by molar-refractivity contribution is 5.89. The van der Waals surface area contributed by atoms with Crippen LogP contribution in [0.2, 0.25) is 0 Å². The molecule has 0 fully saturated rings. The molecule has 0 saturated carbocycles. The Morgan fingerprint density at radius 2 is 2.00 bits per heavy atom. The number of hydrogen-bond donors (Lipinski definition) is 1. The maximum atomic E-state index is 12.4. The lowest BCUT2D eigenvalue weighted by molar-refractivity contribution is -0.275. The van der Waals surface area contributed by atoms with Gasteiger partial charge in [-0.15, -0.1) is 13.2 Å². The Morgan fingerprint density at radius 3 is 2.39 bits per heavy atom. The minimum atomic E-state index is -5.06. The Labute approximate surface area is 97.0 Å². The molecule has 0 aliphatic heterocycles. The SMILES string of the molecule is Cc1nc(C(F)F)c(C(=O)O)cc1OC(F)(F)F. The van der Waals surface area contributed by atoms with Gasteiger partial charge in [0.05, 0.1) is 11.3 Å². The smallest absolute Gasteiger partial charge is 0.478 e. The summed E-state index contributed by atoms with van der Waals surface area (Å²) in [5.74, 6) is -2.74. The number of aromatic nitrogens is 1. The van der Waals surface area contributed by atoms with Crippen molar-refractivity contribution in [1.29, 1.82) is 0 Å². The van der Waals surface area contributed by atoms with Crippen molar-refractivity contribution in [3.05, 3.63) is 23.0 Å². The minimum absolute atomic E-state index is 0.375. The van der Waals surface area contributed by atoms with Gasteiger partial charge in [-0.3, -0.25) is 0 Å². The summed E-state index contributed by atoms with van der Waals surface area (Å²) in [6.07, 6.45) is -8.27. The first-order valence-corrected chi connectivity index (χ1v) is 4.40. The summed E-state index contributed by atoms with van der Waals surface area (Å²) >= 11 is 0. The summed E-state index contributed by atoms with van der Waals surface area (Å²) in [5.41, 5.74) is -2.61. The predicted molar refractivity (Wildman–Crippen MR) is 47.6 cm³/mol. The molecule has 4 nitrogen and oxygen atoms in total. The van der Waals surface area contributed by atoms with Crippen molar-refractivity contribution < 1.29 is 36.6 Å². The van der Waals surface area contributed by atoms with E-state index in [2.05, 4.69) is 9.72 Å². The number of pyridine rings is 1. The molecule has 0 aliphatic rings. The molecule has 0 amide bonds. The Hall–Kier alpha value is -1.93. The molecule has 0 bridgehead atoms. The number of carboxylic acids is 1. The van der Waals surface area contributed by atoms with Crippen molar-refractivity contribution in [2.24, 2.45) is 0 Å². The van der Waals surface area contributed by atoms with E-state index < -0.39 is 41.5 Å². The van der Waals surface area contributed by atoms with Crippen molar-refractivity contribution in [2.45, 2.75) is 19.7 Å². The molecule has 18 heavy (non-hydrogen) atoms. The van der Waals surface area contributed by atoms with Gasteiger partial charge in [-0.1, -0.05) is 0 Å². The quantitative estimate of drug-likeness (QED) is 0.859. The van der Waals surface area contributed by atoms with Gasteiger partial charge in [-0.2, -0.15) is 0 Å². The highest BCUT2D eigenvalue weighted by atomic mass is 19.4. The van der Waals surface area contributed by atoms with Gasteiger partial charge < -0.3 is 9.84 Å². The number of rotatable bonds is 3. The second kappa shape index (κ2) is 4.75. The van der Waals surface area contributed by atoms with E-state index >= 15 is 0 Å². The summed E-state index contributed by atoms with van der Waals surface area (Å²) in [6, 6.07) is 0.375. The molecule has 1 aromatic rings. The third-order valence-corrected chi connectivity index (χ3v) is 1.86. The van der Waals surface area contributed by atoms with Crippen LogP contribution < -0.4 is 4.74 Å². The summed E-state index contributed by atoms with van der Waals surface area (Å²) in [5, 5.41) is 8.62. The van der Waals surface area contributed by atoms with Gasteiger partial charge in [-0.25, -0.2) is 18.6 Å². The maximum absolute atomic E-state index is 12.4. The third kappa shape index (κ3) is 3.28. The van der Waals surface area contributed by atoms with Gasteiger partial charge in [0, 0.05) is 0 Å². The van der Waals surface area contributed by atoms with E-state index in [9.17, 15) is 26.7 Å². The first kappa shape index (κ1) is 14.1. The van der Waals surface area contributed by atoms with Crippen molar-refractivity contribution in [3.8, 4) is 5.75 Å². The largest absolute Gasteiger partial charge is 0.573 e. The number of aryl methyl sites for hydroxylation is 1. The Morgan fingerprint density at radius 1 is 1.44 bits per heavy atom. The summed E-state index contributed by atoms with van der Waals surface area (Å²) < 4.78 is 64.3. The standard InChI is InChI=1S/C9H6F5NO3/c1-3-5(18-9(12,13)14)2-4(8(16)17)6(15-3)7(10)11/h2,7H,1H3,(H,16,17). The van der Waals surface area contributed by atoms with E-state index in [1.807, 2.05) is 0 Å². The van der Waals surface area contributed by atoms with Gasteiger partial charge in [-0.05, 0) is 13.0 Å². The van der Waals surface area contributed by atoms with Crippen LogP contribution in [0.25, 0.3) is 0 Å². The van der Waals surface area contributed by atoms with Crippen LogP contribution in [0.4, 0.5) is 22.0 Å². The summed E-state index contributed by atoms with van der Waals surface area (Å²) in [6.45, 7) is 0.999. The molecule has 1 aromatic heterocycles. The average Bonchev–Trinajstić information content (AvgIpc) is 2.17. The molecule has 0 aliphatic carbocycles. The van der Waals surface area contributed by atoms with E-state index in [0.717, 1.165) is 6.92 Å². The van der Waals surface area contributed by atoms with Crippen molar-refractivity contribution in [1.82, 2.24) is 4.98 Å². The highest BCUT2D eigenvalue weighted by Crippen LogP contribution is 2.30. The van der Waals surface area contributed by atoms with E-state index in [-0.39, 0.29) is 0 Å². The number of halogens is 5. The number of nitrogens with zero attached hydrogens (tertiary/aromatic N) is 1. The van der Waals surface area contributed by atoms with Gasteiger partial charge >= 0.3 is 12.3 Å². The first-order valence-electron chi connectivity index (χ1n) is 4.40. The number of ether oxygens (including phenoxy) is 1. The van der Waals surface area contributed by atoms with E-state index in [1.54, 1.807) is 0 Å². The lowest BCUT2D eigenvalue weighted by Crippen LogP contribution is -2.19. The highest BCUT2D eigenvalue weighted by Gasteiger charge is 2.33. The number of alkyl halides is 5. The normalized spacial score (nSPS) is 11.7. The molecule has 1 N–H and O–H groups in total. The molecule has 0 spiro atoms. The zero-order valence-electron chi connectivity index (χ0n) is 8.76. The van der Waals surface area contributed by atoms with Crippen LogP contribution in [0.15, 0.2) is 6.07 Å². The number of carboxylic acid groups (broad SMARTS) is 1. The maximum Gasteiger partial charge on any atom is 0.573 e. The van der Waals surface area contributed by atoms with E-state index in [0.29, 0.717) is 6.07 Å². The molecule has 0 saturated heterocycles. The number of carbonyl (C=O) groups is 1. The van der Waals surface area contributed by atoms with Gasteiger partial charge in [0.2, 0.25) is 0 Å². The first-order chi connectivity index (χ1) is 8.11. The fraction of sp³-hybridized carbons (Fsp3) is 0.333. The molecule has 1 heterocycles. The van der Waals surface area contributed by atoms with Crippen LogP contribution in [0, 0.1) is 6.92 Å². The van der Waals surface area contributed by atoms with Gasteiger partial charge in [0.15, 0.2) is 5.75 Å². The molecule has 1 rings (SSSR count). The monoisotopic (exact) mass is 271 g/mol. The van der Waals surface area contributed by atoms with Crippen LogP contribution in [-0.2, 0) is 0 Å². The molecule has 0 unspecified atom stereocenters. The second-order valence-corrected chi connectivity index (χ2v) is 3.16. The molecule has 9 heteroatoms. The summed E-state index contributed by atoms with van der Waals surface area (Å²) in [4.78, 5) is 13.8. The fourth-order valence-electron chi connectivity index (χ4n) is 1.17. The van der Waals surface area contributed by atoms with Crippen molar-refractivity contribution in [3.63, 3.8) is 0 Å². The van der Waals surface area contributed by atoms with Crippen molar-refractivity contribution >= 4 is 5.97 Å². The Balaban J connectivity index is 3.32. The second-order valence-electron chi connectivity index (χ2n) is 3.16. The minimum Gasteiger partial charge on any atom is -0.478 e. The lowest BCUT2D eigenvalue weighted by Gasteiger charge is -2.13. The topological polar surface area (TPSA) is 59.4 Å². The number of aromatic carboxylic acids is 1. The van der Waals surface area contributed by atoms with E-state index in [4.69, 9.17) is 5.11 Å². The molecule has 0 atom stereocenters. The molecule has 100 valence electrons. The van der Waals surface area contributed by atoms with Crippen molar-refractivity contribution in [2.75, 3.05) is 0 Å². The van der Waals surface area contributed by atoms with E-state index in [1.165, 1.54) is 0 Å². The summed E-state index contributed by atoms with van der Waals surface area (Å²) in [7, 11) is 0. The Bertz CT molecular complexity index is 472. The zero-order valence-corrected chi connectivity index (χ0v) is 8.76. The van der Waals surface area contributed by atoms with Gasteiger partial charge in [0.1, 0.15) is 5.69 Å². The molecular formula is C9H6F5NO3. The van der Waals surface area contributed by atoms with Crippen LogP contribution >= 0.6 is 0 Å². The molecule has 0 aromatic carbocycles. The average molecular weight is 271 g/mol. The fourth-order valence-corrected chi connectivity index (χ4v) is 1.17. The number of hydrogen-bond acceptors (Lipinski definition) is 3.